The summed E-state index contributed by atoms with van der Waals surface area (Å²) in [5.74, 6) is 0. The third kappa shape index (κ3) is 3.19. The minimum atomic E-state index is -0.389. The molecule has 1 heterocycles. The van der Waals surface area contributed by atoms with E-state index in [1.807, 2.05) is 24.3 Å². The number of fused-ring (bicyclic) bond motifs is 1. The molecule has 1 atom stereocenters. The summed E-state index contributed by atoms with van der Waals surface area (Å²) in [6.07, 6.45) is 4.34. The normalized spacial score (nSPS) is 12.3. The minimum Gasteiger partial charge on any atom is -0.379 e. The maximum Gasteiger partial charge on any atom is 0.311 e. The Labute approximate surface area is 121 Å². The number of aromatic nitrogens is 1. The van der Waals surface area contributed by atoms with Crippen molar-refractivity contribution in [2.24, 2.45) is 0 Å². The van der Waals surface area contributed by atoms with Gasteiger partial charge in [0.15, 0.2) is 0 Å². The van der Waals surface area contributed by atoms with Crippen molar-refractivity contribution in [3.63, 3.8) is 0 Å². The molecule has 5 nitrogen and oxygen atoms in total. The van der Waals surface area contributed by atoms with Gasteiger partial charge in [-0.05, 0) is 18.7 Å². The van der Waals surface area contributed by atoms with Gasteiger partial charge in [0.05, 0.1) is 10.4 Å². The van der Waals surface area contributed by atoms with Crippen LogP contribution in [0.2, 0.25) is 0 Å². The van der Waals surface area contributed by atoms with Crippen molar-refractivity contribution in [1.29, 1.82) is 0 Å². The van der Waals surface area contributed by atoms with E-state index in [1.54, 1.807) is 11.8 Å². The first-order valence-corrected chi connectivity index (χ1v) is 7.71. The summed E-state index contributed by atoms with van der Waals surface area (Å²) in [5, 5.41) is 15.7. The van der Waals surface area contributed by atoms with Crippen molar-refractivity contribution >= 4 is 34.0 Å². The van der Waals surface area contributed by atoms with E-state index in [1.165, 1.54) is 6.20 Å². The Morgan fingerprint density at radius 2 is 2.20 bits per heavy atom. The molecule has 0 aliphatic heterocycles. The lowest BCUT2D eigenvalue weighted by Crippen LogP contribution is -2.09. The van der Waals surface area contributed by atoms with Gasteiger partial charge in [-0.1, -0.05) is 25.1 Å². The highest BCUT2D eigenvalue weighted by molar-refractivity contribution is 7.99. The van der Waals surface area contributed by atoms with Crippen LogP contribution in [0.15, 0.2) is 30.5 Å². The van der Waals surface area contributed by atoms with Gasteiger partial charge in [-0.2, -0.15) is 11.8 Å². The summed E-state index contributed by atoms with van der Waals surface area (Å²) in [5.41, 5.74) is 1.35. The van der Waals surface area contributed by atoms with Crippen LogP contribution in [0.5, 0.6) is 0 Å². The number of para-hydroxylation sites is 1. The molecule has 0 radical (unpaired) electrons. The summed E-state index contributed by atoms with van der Waals surface area (Å²) in [7, 11) is 0. The number of anilines is 1. The Balaban J connectivity index is 2.32. The SMILES string of the molecule is CSC(C)CCNc1c([N+](=O)[O-])cnc2ccccc12. The Morgan fingerprint density at radius 3 is 2.90 bits per heavy atom. The highest BCUT2D eigenvalue weighted by Gasteiger charge is 2.17. The van der Waals surface area contributed by atoms with E-state index in [0.29, 0.717) is 17.5 Å². The second-order valence-corrected chi connectivity index (χ2v) is 5.83. The van der Waals surface area contributed by atoms with Gasteiger partial charge >= 0.3 is 5.69 Å². The maximum atomic E-state index is 11.1. The molecule has 0 fully saturated rings. The fourth-order valence-electron chi connectivity index (χ4n) is 1.97. The first-order chi connectivity index (χ1) is 9.63. The summed E-state index contributed by atoms with van der Waals surface area (Å²) in [6, 6.07) is 7.45. The standard InChI is InChI=1S/C14H17N3O2S/c1-10(20-2)7-8-15-14-11-5-3-4-6-12(11)16-9-13(14)17(18)19/h3-6,9-10H,7-8H2,1-2H3,(H,15,16). The predicted molar refractivity (Wildman–Crippen MR) is 84.5 cm³/mol. The molecule has 0 amide bonds. The smallest absolute Gasteiger partial charge is 0.311 e. The van der Waals surface area contributed by atoms with Gasteiger partial charge in [0.1, 0.15) is 11.9 Å². The third-order valence-electron chi connectivity index (χ3n) is 3.21. The zero-order valence-corrected chi connectivity index (χ0v) is 12.3. The van der Waals surface area contributed by atoms with E-state index in [2.05, 4.69) is 23.5 Å². The number of benzene rings is 1. The number of nitrogens with one attached hydrogen (secondary N) is 1. The van der Waals surface area contributed by atoms with Crippen LogP contribution in [0.3, 0.4) is 0 Å². The molecule has 6 heteroatoms. The minimum absolute atomic E-state index is 0.0282. The second-order valence-electron chi connectivity index (χ2n) is 4.55. The van der Waals surface area contributed by atoms with Crippen LogP contribution in [0.4, 0.5) is 11.4 Å². The molecular formula is C14H17N3O2S. The molecule has 1 N–H and O–H groups in total. The van der Waals surface area contributed by atoms with Crippen LogP contribution in [0, 0.1) is 10.1 Å². The van der Waals surface area contributed by atoms with E-state index in [0.717, 1.165) is 17.3 Å². The van der Waals surface area contributed by atoms with Crippen LogP contribution >= 0.6 is 11.8 Å². The topological polar surface area (TPSA) is 68.1 Å². The van der Waals surface area contributed by atoms with E-state index < -0.39 is 0 Å². The quantitative estimate of drug-likeness (QED) is 0.649. The number of hydrogen-bond acceptors (Lipinski definition) is 5. The van der Waals surface area contributed by atoms with Crippen molar-refractivity contribution in [2.75, 3.05) is 18.1 Å². The van der Waals surface area contributed by atoms with E-state index in [4.69, 9.17) is 0 Å². The molecule has 1 unspecified atom stereocenters. The van der Waals surface area contributed by atoms with E-state index in [-0.39, 0.29) is 10.6 Å². The fraction of sp³-hybridized carbons (Fsp3) is 0.357. The van der Waals surface area contributed by atoms with Crippen LogP contribution in [0.1, 0.15) is 13.3 Å². The van der Waals surface area contributed by atoms with Crippen LogP contribution < -0.4 is 5.32 Å². The number of nitrogens with zero attached hydrogens (tertiary/aromatic N) is 2. The first kappa shape index (κ1) is 14.6. The van der Waals surface area contributed by atoms with E-state index >= 15 is 0 Å². The molecule has 0 saturated heterocycles. The lowest BCUT2D eigenvalue weighted by atomic mass is 10.1. The third-order valence-corrected chi connectivity index (χ3v) is 4.25. The summed E-state index contributed by atoms with van der Waals surface area (Å²) in [4.78, 5) is 14.9. The molecule has 0 aliphatic carbocycles. The molecule has 106 valence electrons. The Bertz CT molecular complexity index is 618. The van der Waals surface area contributed by atoms with Crippen molar-refractivity contribution in [1.82, 2.24) is 4.98 Å². The molecule has 1 aromatic carbocycles. The Morgan fingerprint density at radius 1 is 1.45 bits per heavy atom. The van der Waals surface area contributed by atoms with Gasteiger partial charge < -0.3 is 5.32 Å². The van der Waals surface area contributed by atoms with Crippen LogP contribution in [-0.4, -0.2) is 28.0 Å². The predicted octanol–water partition coefficient (Wildman–Crippen LogP) is 3.70. The van der Waals surface area contributed by atoms with Gasteiger partial charge in [0.25, 0.3) is 0 Å². The number of hydrogen-bond donors (Lipinski definition) is 1. The molecule has 0 bridgehead atoms. The van der Waals surface area contributed by atoms with Crippen molar-refractivity contribution in [3.05, 3.63) is 40.6 Å². The largest absolute Gasteiger partial charge is 0.379 e. The van der Waals surface area contributed by atoms with Gasteiger partial charge in [-0.15, -0.1) is 0 Å². The molecule has 0 aliphatic rings. The van der Waals surface area contributed by atoms with Crippen LogP contribution in [0.25, 0.3) is 10.9 Å². The highest BCUT2D eigenvalue weighted by Crippen LogP contribution is 2.31. The number of thioether (sulfide) groups is 1. The zero-order valence-electron chi connectivity index (χ0n) is 11.5. The van der Waals surface area contributed by atoms with Crippen molar-refractivity contribution in [3.8, 4) is 0 Å². The summed E-state index contributed by atoms with van der Waals surface area (Å²) >= 11 is 1.79. The molecule has 2 rings (SSSR count). The number of pyridine rings is 1. The number of rotatable bonds is 6. The van der Waals surface area contributed by atoms with Gasteiger partial charge in [-0.3, -0.25) is 10.1 Å². The Kier molecular flexibility index (Phi) is 4.79. The monoisotopic (exact) mass is 291 g/mol. The fourth-order valence-corrected chi connectivity index (χ4v) is 2.33. The lowest BCUT2D eigenvalue weighted by molar-refractivity contribution is -0.384. The summed E-state index contributed by atoms with van der Waals surface area (Å²) < 4.78 is 0. The molecule has 0 saturated carbocycles. The first-order valence-electron chi connectivity index (χ1n) is 6.42. The average Bonchev–Trinajstić information content (AvgIpc) is 2.46. The molecule has 2 aromatic rings. The molecule has 1 aromatic heterocycles. The van der Waals surface area contributed by atoms with Gasteiger partial charge in [-0.25, -0.2) is 4.98 Å². The van der Waals surface area contributed by atoms with Gasteiger partial charge in [0.2, 0.25) is 0 Å². The van der Waals surface area contributed by atoms with E-state index in [9.17, 15) is 10.1 Å². The average molecular weight is 291 g/mol. The lowest BCUT2D eigenvalue weighted by Gasteiger charge is -2.12. The highest BCUT2D eigenvalue weighted by atomic mass is 32.2. The molecule has 0 spiro atoms. The number of nitro groups is 1. The molecule has 20 heavy (non-hydrogen) atoms. The van der Waals surface area contributed by atoms with Crippen molar-refractivity contribution < 1.29 is 4.92 Å². The zero-order chi connectivity index (χ0) is 14.5. The summed E-state index contributed by atoms with van der Waals surface area (Å²) in [6.45, 7) is 2.85. The van der Waals surface area contributed by atoms with Crippen LogP contribution in [-0.2, 0) is 0 Å². The Hall–Kier alpha value is -1.82. The molecular weight excluding hydrogens is 274 g/mol. The maximum absolute atomic E-state index is 11.1. The van der Waals surface area contributed by atoms with Gasteiger partial charge in [0, 0.05) is 17.2 Å². The second kappa shape index (κ2) is 6.56. The van der Waals surface area contributed by atoms with Crippen molar-refractivity contribution in [2.45, 2.75) is 18.6 Å².